The first kappa shape index (κ1) is 9.52. The highest BCUT2D eigenvalue weighted by Gasteiger charge is 2.26. The molecule has 0 aliphatic heterocycles. The molecule has 1 rings (SSSR count). The quantitative estimate of drug-likeness (QED) is 0.644. The van der Waals surface area contributed by atoms with Crippen molar-refractivity contribution in [2.45, 2.75) is 38.6 Å². The van der Waals surface area contributed by atoms with Crippen LogP contribution in [0.25, 0.3) is 0 Å². The van der Waals surface area contributed by atoms with Crippen molar-refractivity contribution in [2.24, 2.45) is 11.7 Å². The van der Waals surface area contributed by atoms with Crippen molar-refractivity contribution in [1.82, 2.24) is 0 Å². The Kier molecular flexibility index (Phi) is 3.53. The van der Waals surface area contributed by atoms with Crippen LogP contribution in [0.4, 0.5) is 0 Å². The summed E-state index contributed by atoms with van der Waals surface area (Å²) >= 11 is 0. The molecule has 0 spiro atoms. The molecule has 0 aromatic rings. The van der Waals surface area contributed by atoms with Gasteiger partial charge in [0.25, 0.3) is 0 Å². The summed E-state index contributed by atoms with van der Waals surface area (Å²) in [5.41, 5.74) is 5.81. The zero-order chi connectivity index (χ0) is 8.97. The molecule has 3 heteroatoms. The Balaban J connectivity index is 2.15. The van der Waals surface area contributed by atoms with Crippen LogP contribution < -0.4 is 5.73 Å². The number of hydrogen-bond acceptors (Lipinski definition) is 3. The molecule has 0 radical (unpaired) electrons. The Morgan fingerprint density at radius 3 is 2.75 bits per heavy atom. The summed E-state index contributed by atoms with van der Waals surface area (Å²) in [6.45, 7) is 2.27. The molecule has 1 atom stereocenters. The van der Waals surface area contributed by atoms with Crippen molar-refractivity contribution < 1.29 is 9.53 Å². The van der Waals surface area contributed by atoms with Gasteiger partial charge in [0.2, 0.25) is 0 Å². The molecule has 0 bridgehead atoms. The van der Waals surface area contributed by atoms with Gasteiger partial charge in [-0.05, 0) is 25.7 Å². The summed E-state index contributed by atoms with van der Waals surface area (Å²) in [5.74, 6) is 0.409. The Morgan fingerprint density at radius 2 is 2.33 bits per heavy atom. The molecule has 12 heavy (non-hydrogen) atoms. The fourth-order valence-electron chi connectivity index (χ4n) is 1.45. The van der Waals surface area contributed by atoms with E-state index in [-0.39, 0.29) is 12.0 Å². The number of hydrogen-bond donors (Lipinski definition) is 1. The maximum atomic E-state index is 11.0. The lowest BCUT2D eigenvalue weighted by molar-refractivity contribution is -0.143. The predicted molar refractivity (Wildman–Crippen MR) is 46.6 cm³/mol. The summed E-state index contributed by atoms with van der Waals surface area (Å²) in [6.07, 6.45) is 4.01. The van der Waals surface area contributed by atoms with Gasteiger partial charge in [-0.2, -0.15) is 0 Å². The third-order valence-corrected chi connectivity index (χ3v) is 2.46. The van der Waals surface area contributed by atoms with E-state index in [1.807, 2.05) is 6.92 Å². The number of rotatable bonds is 4. The van der Waals surface area contributed by atoms with Gasteiger partial charge in [0, 0.05) is 6.04 Å². The Bertz CT molecular complexity index is 155. The zero-order valence-corrected chi connectivity index (χ0v) is 7.58. The number of carbonyl (C=O) groups excluding carboxylic acids is 1. The van der Waals surface area contributed by atoms with E-state index in [0.29, 0.717) is 18.9 Å². The monoisotopic (exact) mass is 171 g/mol. The first-order valence-electron chi connectivity index (χ1n) is 4.65. The fraction of sp³-hybridized carbons (Fsp3) is 0.889. The van der Waals surface area contributed by atoms with Crippen molar-refractivity contribution in [3.05, 3.63) is 0 Å². The molecule has 0 aromatic carbocycles. The van der Waals surface area contributed by atoms with E-state index in [9.17, 15) is 4.79 Å². The molecule has 3 nitrogen and oxygen atoms in total. The highest BCUT2D eigenvalue weighted by atomic mass is 16.5. The van der Waals surface area contributed by atoms with Gasteiger partial charge in [0.15, 0.2) is 0 Å². The van der Waals surface area contributed by atoms with E-state index < -0.39 is 0 Å². The van der Waals surface area contributed by atoms with Crippen LogP contribution in [0.15, 0.2) is 0 Å². The first-order valence-corrected chi connectivity index (χ1v) is 4.65. The van der Waals surface area contributed by atoms with Crippen LogP contribution in [-0.2, 0) is 9.53 Å². The molecule has 1 unspecified atom stereocenters. The van der Waals surface area contributed by atoms with E-state index in [1.54, 1.807) is 0 Å². The maximum Gasteiger partial charge on any atom is 0.307 e. The zero-order valence-electron chi connectivity index (χ0n) is 7.58. The maximum absolute atomic E-state index is 11.0. The first-order chi connectivity index (χ1) is 5.74. The minimum Gasteiger partial charge on any atom is -0.466 e. The average Bonchev–Trinajstić information content (AvgIpc) is 1.82. The number of carbonyl (C=O) groups is 1. The van der Waals surface area contributed by atoms with Gasteiger partial charge < -0.3 is 10.5 Å². The van der Waals surface area contributed by atoms with Crippen LogP contribution >= 0.6 is 0 Å². The van der Waals surface area contributed by atoms with Crippen LogP contribution in [0.3, 0.4) is 0 Å². The number of ether oxygens (including phenoxy) is 1. The summed E-state index contributed by atoms with van der Waals surface area (Å²) < 4.78 is 4.81. The van der Waals surface area contributed by atoms with Gasteiger partial charge in [0.05, 0.1) is 13.0 Å². The summed E-state index contributed by atoms with van der Waals surface area (Å²) in [6, 6.07) is 0.0257. The minimum atomic E-state index is -0.156. The van der Waals surface area contributed by atoms with E-state index in [4.69, 9.17) is 10.5 Å². The summed E-state index contributed by atoms with van der Waals surface area (Å²) in [7, 11) is 0. The van der Waals surface area contributed by atoms with Crippen molar-refractivity contribution >= 4 is 5.97 Å². The fourth-order valence-corrected chi connectivity index (χ4v) is 1.45. The van der Waals surface area contributed by atoms with E-state index in [0.717, 1.165) is 0 Å². The molecule has 1 aliphatic carbocycles. The Morgan fingerprint density at radius 1 is 1.67 bits per heavy atom. The third kappa shape index (κ3) is 2.48. The number of nitrogens with two attached hydrogens (primary N) is 1. The Labute approximate surface area is 73.3 Å². The van der Waals surface area contributed by atoms with E-state index in [2.05, 4.69) is 0 Å². The molecule has 1 aliphatic rings. The van der Waals surface area contributed by atoms with Crippen LogP contribution in [0, 0.1) is 5.92 Å². The van der Waals surface area contributed by atoms with Crippen LogP contribution in [0.5, 0.6) is 0 Å². The minimum absolute atomic E-state index is 0.0257. The molecule has 0 heterocycles. The smallest absolute Gasteiger partial charge is 0.307 e. The van der Waals surface area contributed by atoms with Crippen molar-refractivity contribution in [3.8, 4) is 0 Å². The highest BCUT2D eigenvalue weighted by molar-refractivity contribution is 5.70. The van der Waals surface area contributed by atoms with Gasteiger partial charge in [0.1, 0.15) is 0 Å². The van der Waals surface area contributed by atoms with Gasteiger partial charge in [-0.25, -0.2) is 0 Å². The number of esters is 1. The molecule has 0 aromatic heterocycles. The van der Waals surface area contributed by atoms with E-state index in [1.165, 1.54) is 19.3 Å². The van der Waals surface area contributed by atoms with Crippen LogP contribution in [0.1, 0.15) is 32.6 Å². The van der Waals surface area contributed by atoms with E-state index >= 15 is 0 Å². The highest BCUT2D eigenvalue weighted by Crippen LogP contribution is 2.29. The standard InChI is InChI=1S/C9H17NO2/c1-2-12-9(11)6-8(10)7-4-3-5-7/h7-8H,2-6,10H2,1H3. The average molecular weight is 171 g/mol. The molecule has 0 amide bonds. The summed E-state index contributed by atoms with van der Waals surface area (Å²) in [4.78, 5) is 11.0. The lowest BCUT2D eigenvalue weighted by Crippen LogP contribution is -2.36. The summed E-state index contributed by atoms with van der Waals surface area (Å²) in [5, 5.41) is 0. The van der Waals surface area contributed by atoms with Crippen molar-refractivity contribution in [1.29, 1.82) is 0 Å². The normalized spacial score (nSPS) is 19.8. The molecule has 2 N–H and O–H groups in total. The lowest BCUT2D eigenvalue weighted by atomic mass is 9.79. The molecular weight excluding hydrogens is 154 g/mol. The largest absolute Gasteiger partial charge is 0.466 e. The second-order valence-corrected chi connectivity index (χ2v) is 3.36. The van der Waals surface area contributed by atoms with Gasteiger partial charge in [-0.1, -0.05) is 6.42 Å². The molecule has 1 fully saturated rings. The van der Waals surface area contributed by atoms with Gasteiger partial charge in [-0.15, -0.1) is 0 Å². The predicted octanol–water partition coefficient (Wildman–Crippen LogP) is 1.07. The molecule has 70 valence electrons. The van der Waals surface area contributed by atoms with Crippen molar-refractivity contribution in [3.63, 3.8) is 0 Å². The second kappa shape index (κ2) is 4.45. The van der Waals surface area contributed by atoms with Crippen molar-refractivity contribution in [2.75, 3.05) is 6.61 Å². The topological polar surface area (TPSA) is 52.3 Å². The molecule has 1 saturated carbocycles. The molecule has 0 saturated heterocycles. The lowest BCUT2D eigenvalue weighted by Gasteiger charge is -2.30. The van der Waals surface area contributed by atoms with Gasteiger partial charge in [-0.3, -0.25) is 4.79 Å². The molecular formula is C9H17NO2. The van der Waals surface area contributed by atoms with Gasteiger partial charge >= 0.3 is 5.97 Å². The van der Waals surface area contributed by atoms with Crippen LogP contribution in [0.2, 0.25) is 0 Å². The third-order valence-electron chi connectivity index (χ3n) is 2.46. The second-order valence-electron chi connectivity index (χ2n) is 3.36. The SMILES string of the molecule is CCOC(=O)CC(N)C1CCC1. The Hall–Kier alpha value is -0.570. The van der Waals surface area contributed by atoms with Crippen LogP contribution in [-0.4, -0.2) is 18.6 Å².